The van der Waals surface area contributed by atoms with E-state index in [0.29, 0.717) is 22.9 Å². The molecule has 0 saturated heterocycles. The number of amides is 2. The van der Waals surface area contributed by atoms with Crippen LogP contribution in [0.5, 0.6) is 0 Å². The topological polar surface area (TPSA) is 62.3 Å². The van der Waals surface area contributed by atoms with Gasteiger partial charge in [0, 0.05) is 40.9 Å². The number of hydrogen-bond donors (Lipinski definition) is 1. The minimum absolute atomic E-state index is 0.0986. The van der Waals surface area contributed by atoms with E-state index >= 15 is 0 Å². The number of thiazole rings is 1. The Bertz CT molecular complexity index is 731. The van der Waals surface area contributed by atoms with Crippen molar-refractivity contribution < 1.29 is 9.59 Å². The Labute approximate surface area is 132 Å². The van der Waals surface area contributed by atoms with Crippen LogP contribution in [0.25, 0.3) is 5.70 Å². The van der Waals surface area contributed by atoms with Gasteiger partial charge < -0.3 is 10.2 Å². The summed E-state index contributed by atoms with van der Waals surface area (Å²) in [6, 6.07) is 7.35. The second-order valence-electron chi connectivity index (χ2n) is 5.02. The van der Waals surface area contributed by atoms with Crippen molar-refractivity contribution in [2.45, 2.75) is 13.3 Å². The number of carbonyl (C=O) groups is 2. The Kier molecular flexibility index (Phi) is 3.77. The van der Waals surface area contributed by atoms with Gasteiger partial charge in [0.2, 0.25) is 5.91 Å². The Morgan fingerprint density at radius 3 is 2.73 bits per heavy atom. The van der Waals surface area contributed by atoms with Gasteiger partial charge in [-0.3, -0.25) is 9.59 Å². The lowest BCUT2D eigenvalue weighted by atomic mass is 10.1. The molecular weight excluding hydrogens is 298 g/mol. The number of aryl methyl sites for hydroxylation is 1. The third-order valence-electron chi connectivity index (χ3n) is 3.47. The van der Waals surface area contributed by atoms with Crippen molar-refractivity contribution in [3.63, 3.8) is 0 Å². The monoisotopic (exact) mass is 313 g/mol. The molecule has 0 radical (unpaired) electrons. The fraction of sp³-hybridized carbons (Fsp3) is 0.188. The molecule has 0 saturated carbocycles. The molecule has 0 bridgehead atoms. The molecule has 2 amide bonds. The summed E-state index contributed by atoms with van der Waals surface area (Å²) in [5, 5.41) is 3.32. The number of fused-ring (bicyclic) bond motifs is 1. The molecule has 0 unspecified atom stereocenters. The highest BCUT2D eigenvalue weighted by molar-refractivity contribution is 7.15. The first kappa shape index (κ1) is 14.5. The van der Waals surface area contributed by atoms with Crippen LogP contribution in [0.2, 0.25) is 0 Å². The van der Waals surface area contributed by atoms with Gasteiger partial charge in [-0.1, -0.05) is 24.8 Å². The van der Waals surface area contributed by atoms with Gasteiger partial charge in [0.25, 0.3) is 5.91 Å². The van der Waals surface area contributed by atoms with E-state index < -0.39 is 0 Å². The van der Waals surface area contributed by atoms with Crippen molar-refractivity contribution in [3.8, 4) is 0 Å². The molecule has 0 fully saturated rings. The van der Waals surface area contributed by atoms with Gasteiger partial charge in [-0.2, -0.15) is 0 Å². The molecule has 1 aromatic carbocycles. The number of hydrogen-bond acceptors (Lipinski definition) is 4. The third-order valence-corrected chi connectivity index (χ3v) is 4.30. The summed E-state index contributed by atoms with van der Waals surface area (Å²) in [5.41, 5.74) is 2.13. The highest BCUT2D eigenvalue weighted by Crippen LogP contribution is 2.31. The molecule has 2 heterocycles. The second-order valence-corrected chi connectivity index (χ2v) is 6.26. The third kappa shape index (κ3) is 2.65. The first-order valence-corrected chi connectivity index (χ1v) is 7.70. The minimum Gasteiger partial charge on any atom is -0.308 e. The fourth-order valence-corrected chi connectivity index (χ4v) is 3.06. The van der Waals surface area contributed by atoms with E-state index in [9.17, 15) is 9.59 Å². The molecule has 1 N–H and O–H groups in total. The zero-order valence-corrected chi connectivity index (χ0v) is 12.9. The first-order valence-electron chi connectivity index (χ1n) is 6.88. The maximum Gasteiger partial charge on any atom is 0.258 e. The summed E-state index contributed by atoms with van der Waals surface area (Å²) < 4.78 is 0. The molecule has 0 aliphatic carbocycles. The van der Waals surface area contributed by atoms with Crippen LogP contribution in [0.1, 0.15) is 27.2 Å². The quantitative estimate of drug-likeness (QED) is 0.944. The number of nitrogens with zero attached hydrogens (tertiary/aromatic N) is 2. The molecule has 0 atom stereocenters. The summed E-state index contributed by atoms with van der Waals surface area (Å²) in [6.45, 7) is 6.19. The lowest BCUT2D eigenvalue weighted by Crippen LogP contribution is -2.27. The van der Waals surface area contributed by atoms with Gasteiger partial charge in [-0.15, -0.1) is 11.3 Å². The molecule has 2 aromatic rings. The highest BCUT2D eigenvalue weighted by atomic mass is 32.1. The van der Waals surface area contributed by atoms with Crippen LogP contribution in [0.15, 0.2) is 37.0 Å². The van der Waals surface area contributed by atoms with Crippen molar-refractivity contribution in [2.24, 2.45) is 0 Å². The number of anilines is 1. The van der Waals surface area contributed by atoms with E-state index in [1.54, 1.807) is 17.2 Å². The van der Waals surface area contributed by atoms with Crippen LogP contribution >= 0.6 is 11.3 Å². The highest BCUT2D eigenvalue weighted by Gasteiger charge is 2.30. The minimum atomic E-state index is -0.161. The van der Waals surface area contributed by atoms with Crippen molar-refractivity contribution >= 4 is 34.0 Å². The number of aromatic nitrogens is 1. The Balaban J connectivity index is 1.62. The molecule has 1 aliphatic rings. The largest absolute Gasteiger partial charge is 0.308 e. The zero-order valence-electron chi connectivity index (χ0n) is 12.1. The summed E-state index contributed by atoms with van der Waals surface area (Å²) in [4.78, 5) is 30.9. The average Bonchev–Trinajstić information content (AvgIpc) is 3.01. The van der Waals surface area contributed by atoms with Gasteiger partial charge >= 0.3 is 0 Å². The van der Waals surface area contributed by atoms with Crippen molar-refractivity contribution in [1.29, 1.82) is 0 Å². The number of benzene rings is 1. The smallest absolute Gasteiger partial charge is 0.258 e. The van der Waals surface area contributed by atoms with Crippen LogP contribution < -0.4 is 5.32 Å². The molecule has 3 rings (SSSR count). The molecular formula is C16H15N3O2S. The average molecular weight is 313 g/mol. The first-order chi connectivity index (χ1) is 10.6. The van der Waals surface area contributed by atoms with Gasteiger partial charge in [-0.05, 0) is 13.0 Å². The lowest BCUT2D eigenvalue weighted by Gasteiger charge is -2.16. The van der Waals surface area contributed by atoms with Crippen LogP contribution in [0.3, 0.4) is 0 Å². The summed E-state index contributed by atoms with van der Waals surface area (Å²) in [6.07, 6.45) is 1.92. The van der Waals surface area contributed by atoms with Gasteiger partial charge in [-0.25, -0.2) is 4.98 Å². The molecule has 22 heavy (non-hydrogen) atoms. The molecule has 6 heteroatoms. The van der Waals surface area contributed by atoms with Crippen LogP contribution in [-0.4, -0.2) is 28.2 Å². The Morgan fingerprint density at radius 2 is 2.09 bits per heavy atom. The van der Waals surface area contributed by atoms with Gasteiger partial charge in [0.1, 0.15) is 0 Å². The van der Waals surface area contributed by atoms with Gasteiger partial charge in [0.05, 0.1) is 0 Å². The predicted molar refractivity (Wildman–Crippen MR) is 86.6 cm³/mol. The SMILES string of the molecule is C=C1c2ccccc2C(=O)N1CCC(=O)Nc1ncc(C)s1. The summed E-state index contributed by atoms with van der Waals surface area (Å²) in [7, 11) is 0. The standard InChI is InChI=1S/C16H15N3O2S/c1-10-9-17-16(22-10)18-14(20)7-8-19-11(2)12-5-3-4-6-13(12)15(19)21/h3-6,9H,2,7-8H2,1H3,(H,17,18,20). The molecule has 1 aliphatic heterocycles. The van der Waals surface area contributed by atoms with E-state index in [1.165, 1.54) is 11.3 Å². The maximum atomic E-state index is 12.3. The Morgan fingerprint density at radius 1 is 1.36 bits per heavy atom. The molecule has 112 valence electrons. The van der Waals surface area contributed by atoms with Crippen LogP contribution in [0.4, 0.5) is 5.13 Å². The van der Waals surface area contributed by atoms with Crippen molar-refractivity contribution in [2.75, 3.05) is 11.9 Å². The predicted octanol–water partition coefficient (Wildman–Crippen LogP) is 2.91. The lowest BCUT2D eigenvalue weighted by molar-refractivity contribution is -0.116. The number of nitrogens with one attached hydrogen (secondary N) is 1. The van der Waals surface area contributed by atoms with E-state index in [4.69, 9.17) is 0 Å². The van der Waals surface area contributed by atoms with Crippen LogP contribution in [-0.2, 0) is 4.79 Å². The van der Waals surface area contributed by atoms with E-state index in [0.717, 1.165) is 10.4 Å². The zero-order chi connectivity index (χ0) is 15.7. The number of carbonyl (C=O) groups excluding carboxylic acids is 2. The maximum absolute atomic E-state index is 12.3. The second kappa shape index (κ2) is 5.73. The van der Waals surface area contributed by atoms with E-state index in [2.05, 4.69) is 16.9 Å². The van der Waals surface area contributed by atoms with Crippen molar-refractivity contribution in [1.82, 2.24) is 9.88 Å². The molecule has 5 nitrogen and oxygen atoms in total. The molecule has 0 spiro atoms. The summed E-state index contributed by atoms with van der Waals surface area (Å²) in [5.74, 6) is -0.260. The van der Waals surface area contributed by atoms with E-state index in [1.807, 2.05) is 25.1 Å². The summed E-state index contributed by atoms with van der Waals surface area (Å²) >= 11 is 1.42. The molecule has 1 aromatic heterocycles. The number of rotatable bonds is 4. The normalized spacial score (nSPS) is 13.4. The van der Waals surface area contributed by atoms with Crippen molar-refractivity contribution in [3.05, 3.63) is 53.0 Å². The fourth-order valence-electron chi connectivity index (χ4n) is 2.38. The Hall–Kier alpha value is -2.47. The van der Waals surface area contributed by atoms with E-state index in [-0.39, 0.29) is 18.2 Å². The van der Waals surface area contributed by atoms with Gasteiger partial charge in [0.15, 0.2) is 5.13 Å². The van der Waals surface area contributed by atoms with Crippen LogP contribution in [0, 0.1) is 6.92 Å².